The molecule has 0 spiro atoms. The molecule has 100 valence electrons. The van der Waals surface area contributed by atoms with Crippen molar-refractivity contribution in [1.29, 1.82) is 0 Å². The van der Waals surface area contributed by atoms with Crippen LogP contribution in [0.4, 0.5) is 5.82 Å². The van der Waals surface area contributed by atoms with E-state index in [2.05, 4.69) is 25.8 Å². The first-order valence-electron chi connectivity index (χ1n) is 5.52. The summed E-state index contributed by atoms with van der Waals surface area (Å²) in [6.07, 6.45) is 0. The lowest BCUT2D eigenvalue weighted by Crippen LogP contribution is -2.24. The van der Waals surface area contributed by atoms with Gasteiger partial charge in [0.1, 0.15) is 11.5 Å². The third-order valence-corrected chi connectivity index (χ3v) is 2.59. The molecule has 0 atom stereocenters. The Balaban J connectivity index is 2.07. The fourth-order valence-electron chi connectivity index (χ4n) is 1.39. The zero-order chi connectivity index (χ0) is 13.8. The number of aryl methyl sites for hydroxylation is 1. The van der Waals surface area contributed by atoms with Crippen LogP contribution in [0.15, 0.2) is 16.7 Å². The summed E-state index contributed by atoms with van der Waals surface area (Å²) in [5.41, 5.74) is 0.143. The molecule has 7 nitrogen and oxygen atoms in total. The third-order valence-electron chi connectivity index (χ3n) is 2.29. The normalized spacial score (nSPS) is 10.3. The summed E-state index contributed by atoms with van der Waals surface area (Å²) in [4.78, 5) is 20.0. The highest BCUT2D eigenvalue weighted by molar-refractivity contribution is 6.33. The third kappa shape index (κ3) is 3.19. The maximum Gasteiger partial charge on any atom is 0.271 e. The highest BCUT2D eigenvalue weighted by Crippen LogP contribution is 2.16. The molecule has 0 saturated heterocycles. The highest BCUT2D eigenvalue weighted by Gasteiger charge is 2.14. The van der Waals surface area contributed by atoms with Crippen molar-refractivity contribution >= 4 is 23.3 Å². The largest absolute Gasteiger partial charge is 0.373 e. The fourth-order valence-corrected chi connectivity index (χ4v) is 1.58. The molecular weight excluding hydrogens is 270 g/mol. The van der Waals surface area contributed by atoms with Gasteiger partial charge in [-0.2, -0.15) is 4.98 Å². The molecule has 8 heteroatoms. The molecule has 2 aromatic rings. The average molecular weight is 282 g/mol. The van der Waals surface area contributed by atoms with Gasteiger partial charge >= 0.3 is 0 Å². The molecule has 2 rings (SSSR count). The Kier molecular flexibility index (Phi) is 3.96. The van der Waals surface area contributed by atoms with Gasteiger partial charge in [0, 0.05) is 7.05 Å². The van der Waals surface area contributed by atoms with Gasteiger partial charge in [-0.3, -0.25) is 4.79 Å². The van der Waals surface area contributed by atoms with Crippen LogP contribution in [0.1, 0.15) is 22.2 Å². The summed E-state index contributed by atoms with van der Waals surface area (Å²) < 4.78 is 4.88. The molecule has 0 bridgehead atoms. The number of carbonyl (C=O) groups is 1. The van der Waals surface area contributed by atoms with Crippen LogP contribution in [0.3, 0.4) is 0 Å². The maximum atomic E-state index is 11.9. The van der Waals surface area contributed by atoms with Gasteiger partial charge in [-0.05, 0) is 19.1 Å². The van der Waals surface area contributed by atoms with E-state index < -0.39 is 5.91 Å². The maximum absolute atomic E-state index is 11.9. The second-order valence-electron chi connectivity index (χ2n) is 3.69. The first-order chi connectivity index (χ1) is 9.10. The minimum Gasteiger partial charge on any atom is -0.373 e. The molecule has 0 aliphatic carbocycles. The predicted molar refractivity (Wildman–Crippen MR) is 69.0 cm³/mol. The number of pyridine rings is 1. The summed E-state index contributed by atoms with van der Waals surface area (Å²) in [5, 5.41) is 9.35. The minimum absolute atomic E-state index is 0.126. The molecule has 1 amide bonds. The van der Waals surface area contributed by atoms with Gasteiger partial charge in [0.25, 0.3) is 5.91 Å². The highest BCUT2D eigenvalue weighted by atomic mass is 35.5. The van der Waals surface area contributed by atoms with Crippen LogP contribution in [0.25, 0.3) is 0 Å². The van der Waals surface area contributed by atoms with Crippen LogP contribution >= 0.6 is 11.6 Å². The first kappa shape index (κ1) is 13.3. The van der Waals surface area contributed by atoms with Crippen LogP contribution in [0.2, 0.25) is 5.02 Å². The number of hydrogen-bond donors (Lipinski definition) is 2. The molecule has 2 N–H and O–H groups in total. The topological polar surface area (TPSA) is 92.9 Å². The van der Waals surface area contributed by atoms with Crippen molar-refractivity contribution in [2.75, 3.05) is 12.4 Å². The standard InChI is InChI=1S/C11H12ClN5O2/c1-6-15-9(19-17-6)5-14-11(18)10-7(12)3-4-8(13-2)16-10/h3-4H,5H2,1-2H3,(H,13,16)(H,14,18). The number of amides is 1. The number of hydrogen-bond acceptors (Lipinski definition) is 6. The van der Waals surface area contributed by atoms with E-state index in [1.165, 1.54) is 0 Å². The molecule has 0 aromatic carbocycles. The van der Waals surface area contributed by atoms with E-state index in [-0.39, 0.29) is 17.3 Å². The van der Waals surface area contributed by atoms with Gasteiger partial charge in [0.15, 0.2) is 5.82 Å². The van der Waals surface area contributed by atoms with Crippen molar-refractivity contribution in [3.8, 4) is 0 Å². The van der Waals surface area contributed by atoms with Gasteiger partial charge in [-0.15, -0.1) is 0 Å². The van der Waals surface area contributed by atoms with Crippen LogP contribution in [-0.4, -0.2) is 28.1 Å². The summed E-state index contributed by atoms with van der Waals surface area (Å²) in [5.74, 6) is 0.991. The van der Waals surface area contributed by atoms with Crippen molar-refractivity contribution in [1.82, 2.24) is 20.4 Å². The lowest BCUT2D eigenvalue weighted by atomic mass is 10.3. The van der Waals surface area contributed by atoms with E-state index in [9.17, 15) is 4.79 Å². The molecule has 0 radical (unpaired) electrons. The second-order valence-corrected chi connectivity index (χ2v) is 4.10. The number of anilines is 1. The molecule has 0 aliphatic rings. The first-order valence-corrected chi connectivity index (χ1v) is 5.89. The lowest BCUT2D eigenvalue weighted by molar-refractivity contribution is 0.0941. The Hall–Kier alpha value is -2.15. The molecule has 0 unspecified atom stereocenters. The van der Waals surface area contributed by atoms with Crippen LogP contribution in [0.5, 0.6) is 0 Å². The summed E-state index contributed by atoms with van der Waals surface area (Å²) in [6.45, 7) is 1.82. The molecule has 2 aromatic heterocycles. The molecular formula is C11H12ClN5O2. The van der Waals surface area contributed by atoms with E-state index >= 15 is 0 Å². The van der Waals surface area contributed by atoms with Crippen LogP contribution in [0, 0.1) is 6.92 Å². The molecule has 19 heavy (non-hydrogen) atoms. The van der Waals surface area contributed by atoms with Crippen molar-refractivity contribution in [2.24, 2.45) is 0 Å². The van der Waals surface area contributed by atoms with E-state index in [0.717, 1.165) is 0 Å². The Morgan fingerprint density at radius 1 is 1.42 bits per heavy atom. The zero-order valence-electron chi connectivity index (χ0n) is 10.4. The Morgan fingerprint density at radius 2 is 2.21 bits per heavy atom. The monoisotopic (exact) mass is 281 g/mol. The van der Waals surface area contributed by atoms with Crippen LogP contribution in [-0.2, 0) is 6.54 Å². The van der Waals surface area contributed by atoms with Gasteiger partial charge in [0.05, 0.1) is 11.6 Å². The van der Waals surface area contributed by atoms with Crippen molar-refractivity contribution in [2.45, 2.75) is 13.5 Å². The summed E-state index contributed by atoms with van der Waals surface area (Å²) in [6, 6.07) is 3.28. The Labute approximate surface area is 114 Å². The summed E-state index contributed by atoms with van der Waals surface area (Å²) in [7, 11) is 1.71. The number of aromatic nitrogens is 3. The number of carbonyl (C=O) groups excluding carboxylic acids is 1. The molecule has 0 fully saturated rings. The lowest BCUT2D eigenvalue weighted by Gasteiger charge is -2.06. The molecule has 0 saturated carbocycles. The van der Waals surface area contributed by atoms with E-state index in [1.807, 2.05) is 0 Å². The summed E-state index contributed by atoms with van der Waals surface area (Å²) >= 11 is 5.93. The Bertz CT molecular complexity index is 599. The number of halogens is 1. The number of rotatable bonds is 4. The van der Waals surface area contributed by atoms with Crippen molar-refractivity contribution in [3.63, 3.8) is 0 Å². The van der Waals surface area contributed by atoms with E-state index in [4.69, 9.17) is 16.1 Å². The SMILES string of the molecule is CNc1ccc(Cl)c(C(=O)NCc2nc(C)no2)n1. The fraction of sp³-hybridized carbons (Fsp3) is 0.273. The smallest absolute Gasteiger partial charge is 0.271 e. The number of nitrogens with zero attached hydrogens (tertiary/aromatic N) is 3. The molecule has 2 heterocycles. The van der Waals surface area contributed by atoms with Crippen molar-refractivity contribution < 1.29 is 9.32 Å². The van der Waals surface area contributed by atoms with E-state index in [0.29, 0.717) is 17.5 Å². The van der Waals surface area contributed by atoms with Crippen LogP contribution < -0.4 is 10.6 Å². The van der Waals surface area contributed by atoms with Gasteiger partial charge in [0.2, 0.25) is 5.89 Å². The zero-order valence-corrected chi connectivity index (χ0v) is 11.2. The predicted octanol–water partition coefficient (Wildman–Crippen LogP) is 1.40. The van der Waals surface area contributed by atoms with Gasteiger partial charge in [-0.1, -0.05) is 16.8 Å². The van der Waals surface area contributed by atoms with Gasteiger partial charge in [-0.25, -0.2) is 4.98 Å². The average Bonchev–Trinajstić information content (AvgIpc) is 2.82. The number of nitrogens with one attached hydrogen (secondary N) is 2. The molecule has 0 aliphatic heterocycles. The van der Waals surface area contributed by atoms with Crippen molar-refractivity contribution in [3.05, 3.63) is 34.6 Å². The van der Waals surface area contributed by atoms with E-state index in [1.54, 1.807) is 26.1 Å². The minimum atomic E-state index is -0.405. The Morgan fingerprint density at radius 3 is 2.84 bits per heavy atom. The quantitative estimate of drug-likeness (QED) is 0.880. The van der Waals surface area contributed by atoms with Gasteiger partial charge < -0.3 is 15.2 Å². The second kappa shape index (κ2) is 5.66.